The number of nitrogens with zero attached hydrogens (tertiary/aromatic N) is 2. The molecular weight excluding hydrogens is 250 g/mol. The molecule has 3 nitrogen and oxygen atoms in total. The van der Waals surface area contributed by atoms with Crippen molar-refractivity contribution in [2.24, 2.45) is 5.41 Å². The average Bonchev–Trinajstić information content (AvgIpc) is 2.63. The van der Waals surface area contributed by atoms with Gasteiger partial charge in [0, 0.05) is 11.3 Å². The molecular formula is C12H21N3S2. The standard InChI is InChI=1S/C12H21N3S2/c1-8-14-15-11(16-8)17-10-7-12(2,3)6-5-9(10)13-4/h9-10,13H,5-7H2,1-4H3. The topological polar surface area (TPSA) is 37.8 Å². The lowest BCUT2D eigenvalue weighted by Gasteiger charge is -2.39. The van der Waals surface area contributed by atoms with Crippen LogP contribution < -0.4 is 5.32 Å². The van der Waals surface area contributed by atoms with Gasteiger partial charge >= 0.3 is 0 Å². The number of thioether (sulfide) groups is 1. The van der Waals surface area contributed by atoms with Gasteiger partial charge in [0.05, 0.1) is 0 Å². The normalized spacial score (nSPS) is 28.2. The van der Waals surface area contributed by atoms with E-state index in [0.717, 1.165) is 9.35 Å². The summed E-state index contributed by atoms with van der Waals surface area (Å²) in [4.78, 5) is 0. The smallest absolute Gasteiger partial charge is 0.174 e. The number of rotatable bonds is 3. The van der Waals surface area contributed by atoms with Crippen molar-refractivity contribution in [1.29, 1.82) is 0 Å². The molecule has 1 N–H and O–H groups in total. The maximum Gasteiger partial charge on any atom is 0.174 e. The van der Waals surface area contributed by atoms with E-state index in [1.165, 1.54) is 19.3 Å². The summed E-state index contributed by atoms with van der Waals surface area (Å²) in [5, 5.41) is 13.5. The van der Waals surface area contributed by atoms with E-state index < -0.39 is 0 Å². The number of hydrogen-bond acceptors (Lipinski definition) is 5. The number of aromatic nitrogens is 2. The summed E-state index contributed by atoms with van der Waals surface area (Å²) in [5.41, 5.74) is 0.463. The molecule has 2 atom stereocenters. The summed E-state index contributed by atoms with van der Waals surface area (Å²) in [5.74, 6) is 0. The van der Waals surface area contributed by atoms with Crippen LogP contribution in [-0.4, -0.2) is 28.5 Å². The Morgan fingerprint density at radius 2 is 2.18 bits per heavy atom. The highest BCUT2D eigenvalue weighted by Gasteiger charge is 2.35. The van der Waals surface area contributed by atoms with Crippen LogP contribution in [0.4, 0.5) is 0 Å². The van der Waals surface area contributed by atoms with E-state index in [9.17, 15) is 0 Å². The van der Waals surface area contributed by atoms with Gasteiger partial charge in [-0.3, -0.25) is 0 Å². The van der Waals surface area contributed by atoms with Gasteiger partial charge in [0.15, 0.2) is 4.34 Å². The molecule has 2 unspecified atom stereocenters. The molecule has 96 valence electrons. The lowest BCUT2D eigenvalue weighted by molar-refractivity contribution is 0.218. The Bertz CT molecular complexity index is 376. The first kappa shape index (κ1) is 13.3. The molecule has 2 rings (SSSR count). The zero-order chi connectivity index (χ0) is 12.5. The monoisotopic (exact) mass is 271 g/mol. The van der Waals surface area contributed by atoms with E-state index >= 15 is 0 Å². The highest BCUT2D eigenvalue weighted by Crippen LogP contribution is 2.42. The van der Waals surface area contributed by atoms with E-state index in [1.54, 1.807) is 11.3 Å². The lowest BCUT2D eigenvalue weighted by Crippen LogP contribution is -2.43. The third-order valence-electron chi connectivity index (χ3n) is 3.47. The maximum atomic E-state index is 4.23. The van der Waals surface area contributed by atoms with Gasteiger partial charge in [0.25, 0.3) is 0 Å². The predicted octanol–water partition coefficient (Wildman–Crippen LogP) is 3.11. The van der Waals surface area contributed by atoms with Gasteiger partial charge in [0.2, 0.25) is 0 Å². The summed E-state index contributed by atoms with van der Waals surface area (Å²) in [6, 6.07) is 0.609. The summed E-state index contributed by atoms with van der Waals surface area (Å²) in [6.07, 6.45) is 3.82. The Balaban J connectivity index is 2.05. The molecule has 0 spiro atoms. The van der Waals surface area contributed by atoms with Gasteiger partial charge in [-0.1, -0.05) is 36.9 Å². The number of nitrogens with one attached hydrogen (secondary N) is 1. The molecule has 0 saturated heterocycles. The van der Waals surface area contributed by atoms with Crippen molar-refractivity contribution in [2.45, 2.75) is 55.7 Å². The van der Waals surface area contributed by atoms with Crippen molar-refractivity contribution >= 4 is 23.1 Å². The second-order valence-electron chi connectivity index (χ2n) is 5.55. The second kappa shape index (κ2) is 5.24. The molecule has 1 aromatic rings. The van der Waals surface area contributed by atoms with Gasteiger partial charge in [0.1, 0.15) is 5.01 Å². The predicted molar refractivity (Wildman–Crippen MR) is 74.8 cm³/mol. The zero-order valence-corrected chi connectivity index (χ0v) is 12.6. The molecule has 1 aliphatic rings. The minimum absolute atomic E-state index is 0.463. The van der Waals surface area contributed by atoms with Crippen molar-refractivity contribution in [1.82, 2.24) is 15.5 Å². The number of aryl methyl sites for hydroxylation is 1. The van der Waals surface area contributed by atoms with Crippen LogP contribution in [-0.2, 0) is 0 Å². The molecule has 1 saturated carbocycles. The van der Waals surface area contributed by atoms with Gasteiger partial charge in [-0.2, -0.15) is 0 Å². The Hall–Kier alpha value is -0.130. The summed E-state index contributed by atoms with van der Waals surface area (Å²) in [7, 11) is 2.07. The second-order valence-corrected chi connectivity index (χ2v) is 8.21. The summed E-state index contributed by atoms with van der Waals surface area (Å²) < 4.78 is 1.12. The van der Waals surface area contributed by atoms with Gasteiger partial charge in [-0.15, -0.1) is 10.2 Å². The summed E-state index contributed by atoms with van der Waals surface area (Å²) >= 11 is 3.61. The van der Waals surface area contributed by atoms with Crippen molar-refractivity contribution in [2.75, 3.05) is 7.05 Å². The van der Waals surface area contributed by atoms with E-state index in [4.69, 9.17) is 0 Å². The first-order chi connectivity index (χ1) is 8.00. The molecule has 5 heteroatoms. The van der Waals surface area contributed by atoms with Crippen molar-refractivity contribution in [3.8, 4) is 0 Å². The molecule has 17 heavy (non-hydrogen) atoms. The minimum Gasteiger partial charge on any atom is -0.316 e. The van der Waals surface area contributed by atoms with E-state index in [1.807, 2.05) is 18.7 Å². The Morgan fingerprint density at radius 3 is 2.76 bits per heavy atom. The van der Waals surface area contributed by atoms with Crippen molar-refractivity contribution in [3.05, 3.63) is 5.01 Å². The largest absolute Gasteiger partial charge is 0.316 e. The van der Waals surface area contributed by atoms with Gasteiger partial charge in [-0.25, -0.2) is 0 Å². The molecule has 1 fully saturated rings. The first-order valence-corrected chi connectivity index (χ1v) is 7.84. The van der Waals surface area contributed by atoms with Gasteiger partial charge < -0.3 is 5.32 Å². The SMILES string of the molecule is CNC1CCC(C)(C)CC1Sc1nnc(C)s1. The molecule has 0 bridgehead atoms. The van der Waals surface area contributed by atoms with Crippen LogP contribution in [0.2, 0.25) is 0 Å². The molecule has 0 amide bonds. The fourth-order valence-electron chi connectivity index (χ4n) is 2.43. The Labute approximate surface area is 112 Å². The van der Waals surface area contributed by atoms with Gasteiger partial charge in [-0.05, 0) is 38.6 Å². The third-order valence-corrected chi connectivity index (χ3v) is 5.72. The van der Waals surface area contributed by atoms with E-state index in [-0.39, 0.29) is 0 Å². The average molecular weight is 271 g/mol. The molecule has 1 aliphatic carbocycles. The molecule has 1 aromatic heterocycles. The lowest BCUT2D eigenvalue weighted by atomic mass is 9.75. The fraction of sp³-hybridized carbons (Fsp3) is 0.833. The van der Waals surface area contributed by atoms with Crippen molar-refractivity contribution in [3.63, 3.8) is 0 Å². The van der Waals surface area contributed by atoms with Crippen LogP contribution in [0.3, 0.4) is 0 Å². The summed E-state index contributed by atoms with van der Waals surface area (Å²) in [6.45, 7) is 6.76. The van der Waals surface area contributed by atoms with Crippen LogP contribution in [0.15, 0.2) is 4.34 Å². The molecule has 0 radical (unpaired) electrons. The van der Waals surface area contributed by atoms with E-state index in [2.05, 4.69) is 36.4 Å². The Morgan fingerprint density at radius 1 is 1.41 bits per heavy atom. The van der Waals surface area contributed by atoms with Crippen LogP contribution in [0.25, 0.3) is 0 Å². The van der Waals surface area contributed by atoms with Crippen LogP contribution in [0.5, 0.6) is 0 Å². The zero-order valence-electron chi connectivity index (χ0n) is 11.0. The quantitative estimate of drug-likeness (QED) is 0.916. The minimum atomic E-state index is 0.463. The van der Waals surface area contributed by atoms with Crippen LogP contribution in [0.1, 0.15) is 38.1 Å². The highest BCUT2D eigenvalue weighted by molar-refractivity contribution is 8.01. The fourth-order valence-corrected chi connectivity index (χ4v) is 5.09. The van der Waals surface area contributed by atoms with E-state index in [0.29, 0.717) is 16.7 Å². The van der Waals surface area contributed by atoms with Crippen LogP contribution in [0, 0.1) is 12.3 Å². The number of hydrogen-bond donors (Lipinski definition) is 1. The first-order valence-electron chi connectivity index (χ1n) is 6.14. The van der Waals surface area contributed by atoms with Crippen LogP contribution >= 0.6 is 23.1 Å². The van der Waals surface area contributed by atoms with Crippen molar-refractivity contribution < 1.29 is 0 Å². The maximum absolute atomic E-state index is 4.23. The molecule has 0 aliphatic heterocycles. The molecule has 1 heterocycles. The highest BCUT2D eigenvalue weighted by atomic mass is 32.2. The third kappa shape index (κ3) is 3.42. The molecule has 0 aromatic carbocycles. The Kier molecular flexibility index (Phi) is 4.10.